The average Bonchev–Trinajstić information content (AvgIpc) is 2.32. The van der Waals surface area contributed by atoms with E-state index in [4.69, 9.17) is 11.5 Å². The van der Waals surface area contributed by atoms with Crippen molar-refractivity contribution in [2.75, 3.05) is 6.54 Å². The van der Waals surface area contributed by atoms with E-state index < -0.39 is 17.6 Å². The van der Waals surface area contributed by atoms with E-state index in [-0.39, 0.29) is 5.91 Å². The number of carbonyl (C=O) groups is 2. The Morgan fingerprint density at radius 1 is 1.30 bits per heavy atom. The molecule has 3 amide bonds. The Labute approximate surface area is 122 Å². The molecule has 0 aliphatic rings. The van der Waals surface area contributed by atoms with Crippen LogP contribution in [-0.4, -0.2) is 30.1 Å². The molecule has 0 radical (unpaired) electrons. The number of hydrogen-bond acceptors (Lipinski definition) is 3. The van der Waals surface area contributed by atoms with Gasteiger partial charge in [0.15, 0.2) is 0 Å². The molecule has 0 aromatic rings. The van der Waals surface area contributed by atoms with E-state index >= 15 is 0 Å². The maximum Gasteiger partial charge on any atom is 0.312 e. The highest BCUT2D eigenvalue weighted by Gasteiger charge is 2.29. The second-order valence-corrected chi connectivity index (χ2v) is 6.06. The Morgan fingerprint density at radius 2 is 1.90 bits per heavy atom. The average molecular weight is 286 g/mol. The smallest absolute Gasteiger partial charge is 0.312 e. The van der Waals surface area contributed by atoms with Crippen molar-refractivity contribution in [2.45, 2.75) is 65.0 Å². The largest absolute Gasteiger partial charge is 0.352 e. The molecule has 0 aromatic carbocycles. The van der Waals surface area contributed by atoms with E-state index in [1.807, 2.05) is 13.8 Å². The summed E-state index contributed by atoms with van der Waals surface area (Å²) < 4.78 is 0. The Bertz CT molecular complexity index is 320. The summed E-state index contributed by atoms with van der Waals surface area (Å²) in [5.41, 5.74) is 10.4. The third kappa shape index (κ3) is 7.33. The summed E-state index contributed by atoms with van der Waals surface area (Å²) in [6, 6.07) is -1.27. The predicted molar refractivity (Wildman–Crippen MR) is 81.1 cm³/mol. The first kappa shape index (κ1) is 18.7. The number of primary amides is 1. The molecule has 0 saturated carbocycles. The maximum absolute atomic E-state index is 12.3. The molecule has 118 valence electrons. The number of unbranched alkanes of at least 4 members (excludes halogenated alkanes) is 1. The van der Waals surface area contributed by atoms with Gasteiger partial charge in [0, 0.05) is 12.1 Å². The molecule has 0 rings (SSSR count). The molecule has 0 saturated heterocycles. The van der Waals surface area contributed by atoms with E-state index in [0.717, 1.165) is 19.3 Å². The predicted octanol–water partition coefficient (Wildman–Crippen LogP) is 1.09. The lowest BCUT2D eigenvalue weighted by Gasteiger charge is -2.33. The van der Waals surface area contributed by atoms with Gasteiger partial charge in [-0.1, -0.05) is 33.6 Å². The molecule has 0 aliphatic heterocycles. The summed E-state index contributed by atoms with van der Waals surface area (Å²) >= 11 is 0. The van der Waals surface area contributed by atoms with Crippen LogP contribution in [0.4, 0.5) is 4.79 Å². The molecule has 20 heavy (non-hydrogen) atoms. The summed E-state index contributed by atoms with van der Waals surface area (Å²) in [5, 5.41) is 5.45. The minimum atomic E-state index is -0.681. The SMILES string of the molecule is CCCCC(NC(N)=O)C(=O)NC(C)(CN)CC(C)C. The van der Waals surface area contributed by atoms with Gasteiger partial charge in [-0.05, 0) is 25.7 Å². The van der Waals surface area contributed by atoms with Crippen LogP contribution in [-0.2, 0) is 4.79 Å². The van der Waals surface area contributed by atoms with Gasteiger partial charge in [0.2, 0.25) is 5.91 Å². The van der Waals surface area contributed by atoms with E-state index in [1.54, 1.807) is 0 Å². The maximum atomic E-state index is 12.3. The number of amides is 3. The highest BCUT2D eigenvalue weighted by molar-refractivity contribution is 5.87. The molecule has 0 heterocycles. The lowest BCUT2D eigenvalue weighted by molar-refractivity contribution is -0.125. The minimum absolute atomic E-state index is 0.217. The van der Waals surface area contributed by atoms with Crippen molar-refractivity contribution in [1.82, 2.24) is 10.6 Å². The van der Waals surface area contributed by atoms with Crippen LogP contribution in [0.3, 0.4) is 0 Å². The zero-order valence-electron chi connectivity index (χ0n) is 13.2. The Balaban J connectivity index is 4.73. The molecule has 6 N–H and O–H groups in total. The third-order valence-corrected chi connectivity index (χ3v) is 3.21. The summed E-state index contributed by atoms with van der Waals surface area (Å²) in [5.74, 6) is 0.202. The van der Waals surface area contributed by atoms with E-state index in [1.165, 1.54) is 0 Å². The van der Waals surface area contributed by atoms with Crippen LogP contribution >= 0.6 is 0 Å². The van der Waals surface area contributed by atoms with Gasteiger partial charge in [-0.15, -0.1) is 0 Å². The summed E-state index contributed by atoms with van der Waals surface area (Å²) in [6.07, 6.45) is 3.16. The zero-order chi connectivity index (χ0) is 15.8. The fraction of sp³-hybridized carbons (Fsp3) is 0.857. The number of nitrogens with two attached hydrogens (primary N) is 2. The third-order valence-electron chi connectivity index (χ3n) is 3.21. The van der Waals surface area contributed by atoms with Gasteiger partial charge in [0.05, 0.1) is 0 Å². The van der Waals surface area contributed by atoms with Crippen LogP contribution in [0.1, 0.15) is 53.4 Å². The van der Waals surface area contributed by atoms with Gasteiger partial charge < -0.3 is 22.1 Å². The molecular weight excluding hydrogens is 256 g/mol. The zero-order valence-corrected chi connectivity index (χ0v) is 13.2. The number of urea groups is 1. The van der Waals surface area contributed by atoms with E-state index in [9.17, 15) is 9.59 Å². The normalized spacial score (nSPS) is 15.5. The van der Waals surface area contributed by atoms with E-state index in [0.29, 0.717) is 18.9 Å². The lowest BCUT2D eigenvalue weighted by atomic mass is 9.90. The molecule has 6 nitrogen and oxygen atoms in total. The molecular formula is C14H30N4O2. The lowest BCUT2D eigenvalue weighted by Crippen LogP contribution is -2.58. The quantitative estimate of drug-likeness (QED) is 0.509. The van der Waals surface area contributed by atoms with Gasteiger partial charge in [-0.25, -0.2) is 4.79 Å². The van der Waals surface area contributed by atoms with Gasteiger partial charge in [-0.2, -0.15) is 0 Å². The topological polar surface area (TPSA) is 110 Å². The molecule has 2 atom stereocenters. The van der Waals surface area contributed by atoms with Crippen molar-refractivity contribution in [3.8, 4) is 0 Å². The highest BCUT2D eigenvalue weighted by Crippen LogP contribution is 2.16. The summed E-state index contributed by atoms with van der Waals surface area (Å²) in [6.45, 7) is 8.47. The van der Waals surface area contributed by atoms with Crippen molar-refractivity contribution >= 4 is 11.9 Å². The molecule has 2 unspecified atom stereocenters. The van der Waals surface area contributed by atoms with Crippen molar-refractivity contribution in [3.63, 3.8) is 0 Å². The van der Waals surface area contributed by atoms with Crippen LogP contribution in [0.25, 0.3) is 0 Å². The Morgan fingerprint density at radius 3 is 2.30 bits per heavy atom. The molecule has 0 aliphatic carbocycles. The number of rotatable bonds is 9. The van der Waals surface area contributed by atoms with Crippen LogP contribution in [0.5, 0.6) is 0 Å². The Hall–Kier alpha value is -1.30. The van der Waals surface area contributed by atoms with Crippen molar-refractivity contribution in [3.05, 3.63) is 0 Å². The van der Waals surface area contributed by atoms with Gasteiger partial charge in [0.1, 0.15) is 6.04 Å². The van der Waals surface area contributed by atoms with E-state index in [2.05, 4.69) is 24.5 Å². The van der Waals surface area contributed by atoms with Gasteiger partial charge in [-0.3, -0.25) is 4.79 Å². The van der Waals surface area contributed by atoms with Crippen molar-refractivity contribution in [1.29, 1.82) is 0 Å². The highest BCUT2D eigenvalue weighted by atomic mass is 16.2. The van der Waals surface area contributed by atoms with Crippen LogP contribution < -0.4 is 22.1 Å². The number of nitrogens with one attached hydrogen (secondary N) is 2. The monoisotopic (exact) mass is 286 g/mol. The van der Waals surface area contributed by atoms with Crippen molar-refractivity contribution in [2.24, 2.45) is 17.4 Å². The van der Waals surface area contributed by atoms with Crippen LogP contribution in [0, 0.1) is 5.92 Å². The first-order chi connectivity index (χ1) is 9.24. The van der Waals surface area contributed by atoms with Gasteiger partial charge in [0.25, 0.3) is 0 Å². The Kier molecular flexibility index (Phi) is 8.22. The van der Waals surface area contributed by atoms with Crippen LogP contribution in [0.15, 0.2) is 0 Å². The van der Waals surface area contributed by atoms with Crippen LogP contribution in [0.2, 0.25) is 0 Å². The molecule has 0 bridgehead atoms. The summed E-state index contributed by atoms with van der Waals surface area (Å²) in [7, 11) is 0. The minimum Gasteiger partial charge on any atom is -0.352 e. The van der Waals surface area contributed by atoms with Crippen molar-refractivity contribution < 1.29 is 9.59 Å². The number of carbonyl (C=O) groups excluding carboxylic acids is 2. The summed E-state index contributed by atoms with van der Waals surface area (Å²) in [4.78, 5) is 23.3. The fourth-order valence-corrected chi connectivity index (χ4v) is 2.32. The first-order valence-corrected chi connectivity index (χ1v) is 7.32. The second kappa shape index (κ2) is 8.79. The second-order valence-electron chi connectivity index (χ2n) is 6.06. The first-order valence-electron chi connectivity index (χ1n) is 7.32. The fourth-order valence-electron chi connectivity index (χ4n) is 2.32. The molecule has 0 spiro atoms. The molecule has 6 heteroatoms. The molecule has 0 aromatic heterocycles. The van der Waals surface area contributed by atoms with Gasteiger partial charge >= 0.3 is 6.03 Å². The molecule has 0 fully saturated rings. The number of hydrogen-bond donors (Lipinski definition) is 4. The standard InChI is InChI=1S/C14H30N4O2/c1-5-6-7-11(17-13(16)20)12(19)18-14(4,9-15)8-10(2)3/h10-11H,5-9,15H2,1-4H3,(H,18,19)(H3,16,17,20).